The summed E-state index contributed by atoms with van der Waals surface area (Å²) in [4.78, 5) is 0. The van der Waals surface area contributed by atoms with Crippen molar-refractivity contribution in [3.63, 3.8) is 0 Å². The fraction of sp³-hybridized carbons (Fsp3) is 0.571. The molecule has 1 rings (SSSR count). The maximum absolute atomic E-state index is 5.30. The van der Waals surface area contributed by atoms with Gasteiger partial charge in [-0.3, -0.25) is 0 Å². The molecular formula is C14H23NO2. The Hall–Kier alpha value is -1.22. The molecule has 0 saturated heterocycles. The molecule has 0 amide bonds. The van der Waals surface area contributed by atoms with Gasteiger partial charge in [0.25, 0.3) is 0 Å². The van der Waals surface area contributed by atoms with E-state index in [1.165, 1.54) is 5.56 Å². The van der Waals surface area contributed by atoms with E-state index < -0.39 is 0 Å². The van der Waals surface area contributed by atoms with Crippen LogP contribution < -0.4 is 14.8 Å². The first-order valence-electron chi connectivity index (χ1n) is 5.82. The molecule has 0 aliphatic carbocycles. The molecule has 0 spiro atoms. The number of nitrogens with one attached hydrogen (secondary N) is 1. The van der Waals surface area contributed by atoms with Gasteiger partial charge < -0.3 is 14.8 Å². The predicted octanol–water partition coefficient (Wildman–Crippen LogP) is 3.01. The Morgan fingerprint density at radius 3 is 1.76 bits per heavy atom. The molecular weight excluding hydrogens is 214 g/mol. The molecule has 0 radical (unpaired) electrons. The molecule has 0 bridgehead atoms. The van der Waals surface area contributed by atoms with Crippen LogP contribution in [-0.2, 0) is 0 Å². The van der Waals surface area contributed by atoms with E-state index in [1.54, 1.807) is 14.2 Å². The van der Waals surface area contributed by atoms with Gasteiger partial charge in [-0.2, -0.15) is 0 Å². The average Bonchev–Trinajstić information content (AvgIpc) is 2.27. The van der Waals surface area contributed by atoms with Gasteiger partial charge in [-0.25, -0.2) is 0 Å². The van der Waals surface area contributed by atoms with E-state index in [4.69, 9.17) is 9.47 Å². The van der Waals surface area contributed by atoms with E-state index in [0.29, 0.717) is 0 Å². The molecule has 0 heterocycles. The number of ether oxygens (including phenoxy) is 2. The van der Waals surface area contributed by atoms with Crippen molar-refractivity contribution in [2.75, 3.05) is 21.3 Å². The molecule has 1 unspecified atom stereocenters. The van der Waals surface area contributed by atoms with Crippen molar-refractivity contribution in [3.8, 4) is 11.5 Å². The molecule has 0 aromatic heterocycles. The normalized spacial score (nSPS) is 13.3. The standard InChI is InChI=1S/C14H23NO2/c1-14(2,3)13(15-4)10-7-11(16-5)9-12(8-10)17-6/h7-9,13,15H,1-6H3. The quantitative estimate of drug-likeness (QED) is 0.873. The Balaban J connectivity index is 3.19. The first kappa shape index (κ1) is 13.8. The van der Waals surface area contributed by atoms with E-state index >= 15 is 0 Å². The minimum Gasteiger partial charge on any atom is -0.497 e. The van der Waals surface area contributed by atoms with E-state index in [0.717, 1.165) is 11.5 Å². The van der Waals surface area contributed by atoms with E-state index in [1.807, 2.05) is 13.1 Å². The monoisotopic (exact) mass is 237 g/mol. The van der Waals surface area contributed by atoms with Crippen LogP contribution in [0.25, 0.3) is 0 Å². The van der Waals surface area contributed by atoms with Crippen LogP contribution in [0, 0.1) is 5.41 Å². The lowest BCUT2D eigenvalue weighted by Gasteiger charge is -2.31. The summed E-state index contributed by atoms with van der Waals surface area (Å²) in [6.45, 7) is 6.63. The highest BCUT2D eigenvalue weighted by Gasteiger charge is 2.25. The number of rotatable bonds is 4. The summed E-state index contributed by atoms with van der Waals surface area (Å²) in [6.07, 6.45) is 0. The maximum Gasteiger partial charge on any atom is 0.122 e. The molecule has 3 nitrogen and oxygen atoms in total. The van der Waals surface area contributed by atoms with Crippen LogP contribution in [0.2, 0.25) is 0 Å². The molecule has 1 atom stereocenters. The van der Waals surface area contributed by atoms with E-state index in [2.05, 4.69) is 38.2 Å². The van der Waals surface area contributed by atoms with Crippen molar-refractivity contribution in [2.24, 2.45) is 5.41 Å². The summed E-state index contributed by atoms with van der Waals surface area (Å²) in [6, 6.07) is 6.24. The molecule has 96 valence electrons. The largest absolute Gasteiger partial charge is 0.497 e. The highest BCUT2D eigenvalue weighted by molar-refractivity contribution is 5.40. The van der Waals surface area contributed by atoms with Gasteiger partial charge in [-0.05, 0) is 30.2 Å². The predicted molar refractivity (Wildman–Crippen MR) is 70.8 cm³/mol. The Bertz CT molecular complexity index is 347. The van der Waals surface area contributed by atoms with Crippen molar-refractivity contribution >= 4 is 0 Å². The summed E-state index contributed by atoms with van der Waals surface area (Å²) < 4.78 is 10.6. The van der Waals surface area contributed by atoms with Gasteiger partial charge in [0.05, 0.1) is 14.2 Å². The van der Waals surface area contributed by atoms with Crippen molar-refractivity contribution in [1.29, 1.82) is 0 Å². The third kappa shape index (κ3) is 3.37. The summed E-state index contributed by atoms with van der Waals surface area (Å²) in [7, 11) is 5.32. The van der Waals surface area contributed by atoms with Crippen molar-refractivity contribution in [1.82, 2.24) is 5.32 Å². The highest BCUT2D eigenvalue weighted by Crippen LogP contribution is 2.35. The lowest BCUT2D eigenvalue weighted by Crippen LogP contribution is -2.29. The van der Waals surface area contributed by atoms with Crippen LogP contribution in [0.3, 0.4) is 0 Å². The molecule has 3 heteroatoms. The second kappa shape index (κ2) is 5.41. The summed E-state index contributed by atoms with van der Waals surface area (Å²) in [5.41, 5.74) is 1.31. The zero-order chi connectivity index (χ0) is 13.1. The minimum atomic E-state index is 0.131. The smallest absolute Gasteiger partial charge is 0.122 e. The van der Waals surface area contributed by atoms with Crippen molar-refractivity contribution in [2.45, 2.75) is 26.8 Å². The lowest BCUT2D eigenvalue weighted by atomic mass is 9.82. The average molecular weight is 237 g/mol. The van der Waals surface area contributed by atoms with Gasteiger partial charge in [0.2, 0.25) is 0 Å². The highest BCUT2D eigenvalue weighted by atomic mass is 16.5. The van der Waals surface area contributed by atoms with Crippen LogP contribution in [0.4, 0.5) is 0 Å². The zero-order valence-electron chi connectivity index (χ0n) is 11.6. The topological polar surface area (TPSA) is 30.5 Å². The maximum atomic E-state index is 5.30. The second-order valence-electron chi connectivity index (χ2n) is 5.23. The van der Waals surface area contributed by atoms with Gasteiger partial charge in [-0.15, -0.1) is 0 Å². The second-order valence-corrected chi connectivity index (χ2v) is 5.23. The van der Waals surface area contributed by atoms with Crippen LogP contribution >= 0.6 is 0 Å². The third-order valence-electron chi connectivity index (χ3n) is 2.86. The fourth-order valence-corrected chi connectivity index (χ4v) is 2.10. The SMILES string of the molecule is CNC(c1cc(OC)cc(OC)c1)C(C)(C)C. The molecule has 0 aliphatic heterocycles. The van der Waals surface area contributed by atoms with Crippen molar-refractivity contribution in [3.05, 3.63) is 23.8 Å². The third-order valence-corrected chi connectivity index (χ3v) is 2.86. The molecule has 0 aliphatic rings. The minimum absolute atomic E-state index is 0.131. The summed E-state index contributed by atoms with van der Waals surface area (Å²) >= 11 is 0. The summed E-state index contributed by atoms with van der Waals surface area (Å²) in [5.74, 6) is 1.65. The Labute approximate surface area is 104 Å². The van der Waals surface area contributed by atoms with Crippen molar-refractivity contribution < 1.29 is 9.47 Å². The van der Waals surface area contributed by atoms with Crippen LogP contribution in [0.15, 0.2) is 18.2 Å². The van der Waals surface area contributed by atoms with Crippen LogP contribution in [-0.4, -0.2) is 21.3 Å². The van der Waals surface area contributed by atoms with Gasteiger partial charge in [-0.1, -0.05) is 20.8 Å². The summed E-state index contributed by atoms with van der Waals surface area (Å²) in [5, 5.41) is 3.35. The Morgan fingerprint density at radius 2 is 1.47 bits per heavy atom. The van der Waals surface area contributed by atoms with Gasteiger partial charge in [0.1, 0.15) is 11.5 Å². The van der Waals surface area contributed by atoms with Crippen LogP contribution in [0.5, 0.6) is 11.5 Å². The molecule has 0 saturated carbocycles. The number of hydrogen-bond donors (Lipinski definition) is 1. The number of methoxy groups -OCH3 is 2. The molecule has 1 aromatic rings. The lowest BCUT2D eigenvalue weighted by molar-refractivity contribution is 0.285. The first-order chi connectivity index (χ1) is 7.92. The Kier molecular flexibility index (Phi) is 4.40. The number of hydrogen-bond acceptors (Lipinski definition) is 3. The van der Waals surface area contributed by atoms with Gasteiger partial charge >= 0.3 is 0 Å². The number of benzene rings is 1. The van der Waals surface area contributed by atoms with E-state index in [9.17, 15) is 0 Å². The zero-order valence-corrected chi connectivity index (χ0v) is 11.6. The van der Waals surface area contributed by atoms with Gasteiger partial charge in [0.15, 0.2) is 0 Å². The first-order valence-corrected chi connectivity index (χ1v) is 5.82. The molecule has 1 N–H and O–H groups in total. The van der Waals surface area contributed by atoms with Crippen LogP contribution in [0.1, 0.15) is 32.4 Å². The van der Waals surface area contributed by atoms with E-state index in [-0.39, 0.29) is 11.5 Å². The fourth-order valence-electron chi connectivity index (χ4n) is 2.10. The molecule has 17 heavy (non-hydrogen) atoms. The molecule has 0 fully saturated rings. The Morgan fingerprint density at radius 1 is 1.00 bits per heavy atom. The van der Waals surface area contributed by atoms with Gasteiger partial charge in [0, 0.05) is 12.1 Å². The molecule has 1 aromatic carbocycles.